The minimum absolute atomic E-state index is 0.277. The molecule has 2 unspecified atom stereocenters. The smallest absolute Gasteiger partial charge is 0.310 e. The maximum atomic E-state index is 11.5. The molecule has 78 valence electrons. The lowest BCUT2D eigenvalue weighted by atomic mass is 10.4. The second kappa shape index (κ2) is 6.66. The molecule has 0 aliphatic carbocycles. The summed E-state index contributed by atoms with van der Waals surface area (Å²) in [7, 11) is 0. The zero-order valence-corrected chi connectivity index (χ0v) is 9.94. The maximum absolute atomic E-state index is 11.5. The first kappa shape index (κ1) is 13.2. The highest BCUT2D eigenvalue weighted by Gasteiger charge is 2.20. The van der Waals surface area contributed by atoms with E-state index in [9.17, 15) is 4.57 Å². The van der Waals surface area contributed by atoms with Gasteiger partial charge in [-0.15, -0.1) is 6.58 Å². The van der Waals surface area contributed by atoms with Crippen molar-refractivity contribution in [3.63, 3.8) is 0 Å². The van der Waals surface area contributed by atoms with Crippen molar-refractivity contribution >= 4 is 18.1 Å². The summed E-state index contributed by atoms with van der Waals surface area (Å²) in [6.45, 7) is 5.02. The van der Waals surface area contributed by atoms with Crippen LogP contribution in [0.2, 0.25) is 0 Å². The molecule has 0 aliphatic rings. The molecule has 2 N–H and O–H groups in total. The zero-order valence-electron chi connectivity index (χ0n) is 8.23. The van der Waals surface area contributed by atoms with Crippen LogP contribution in [0.5, 0.6) is 0 Å². The first-order chi connectivity index (χ1) is 6.02. The molecule has 0 aromatic heterocycles. The van der Waals surface area contributed by atoms with Gasteiger partial charge >= 0.3 is 6.72 Å². The van der Waals surface area contributed by atoms with Crippen LogP contribution in [0.3, 0.4) is 0 Å². The summed E-state index contributed by atoms with van der Waals surface area (Å²) in [5, 5.41) is 0.277. The minimum atomic E-state index is -2.93. The molecule has 0 radical (unpaired) electrons. The molecule has 0 heterocycles. The largest absolute Gasteiger partial charge is 0.324 e. The lowest BCUT2D eigenvalue weighted by Crippen LogP contribution is -2.02. The second-order valence-corrected chi connectivity index (χ2v) is 7.29. The maximum Gasteiger partial charge on any atom is 0.324 e. The number of hydrogen-bond acceptors (Lipinski definition) is 3. The molecule has 0 fully saturated rings. The summed E-state index contributed by atoms with van der Waals surface area (Å²) in [4.78, 5) is 0. The van der Waals surface area contributed by atoms with Crippen LogP contribution in [0.15, 0.2) is 12.7 Å². The molecule has 5 heteroatoms. The normalized spacial score (nSPS) is 17.8. The standard InChI is InChI=1S/C8H18NO2PS/c1-4-6-7-11-12(9,10)13-8(3)5-2/h4,8H,1,5-7H2,2-3H3,(H2,9,10). The highest BCUT2D eigenvalue weighted by molar-refractivity contribution is 8.56. The summed E-state index contributed by atoms with van der Waals surface area (Å²) >= 11 is 1.23. The van der Waals surface area contributed by atoms with E-state index in [-0.39, 0.29) is 5.25 Å². The Morgan fingerprint density at radius 3 is 2.85 bits per heavy atom. The third-order valence-electron chi connectivity index (χ3n) is 1.49. The van der Waals surface area contributed by atoms with Gasteiger partial charge in [-0.2, -0.15) is 0 Å². The molecule has 0 bridgehead atoms. The topological polar surface area (TPSA) is 52.3 Å². The predicted molar refractivity (Wildman–Crippen MR) is 59.9 cm³/mol. The summed E-state index contributed by atoms with van der Waals surface area (Å²) in [5.74, 6) is 0. The van der Waals surface area contributed by atoms with E-state index in [1.165, 1.54) is 11.4 Å². The highest BCUT2D eigenvalue weighted by Crippen LogP contribution is 2.54. The third-order valence-corrected chi connectivity index (χ3v) is 5.30. The lowest BCUT2D eigenvalue weighted by molar-refractivity contribution is 0.332. The molecule has 13 heavy (non-hydrogen) atoms. The van der Waals surface area contributed by atoms with Crippen LogP contribution in [0, 0.1) is 0 Å². The molecule has 0 saturated carbocycles. The Morgan fingerprint density at radius 1 is 1.77 bits per heavy atom. The highest BCUT2D eigenvalue weighted by atomic mass is 32.7. The van der Waals surface area contributed by atoms with Gasteiger partial charge < -0.3 is 4.52 Å². The predicted octanol–water partition coefficient (Wildman–Crippen LogP) is 3.18. The average Bonchev–Trinajstić information content (AvgIpc) is 2.03. The molecule has 0 amide bonds. The molecule has 0 aromatic rings. The average molecular weight is 223 g/mol. The fourth-order valence-corrected chi connectivity index (χ4v) is 4.05. The van der Waals surface area contributed by atoms with Crippen molar-refractivity contribution < 1.29 is 9.09 Å². The van der Waals surface area contributed by atoms with Gasteiger partial charge in [0.25, 0.3) is 0 Å². The SMILES string of the molecule is C=CCCOP(N)(=O)SC(C)CC. The van der Waals surface area contributed by atoms with Gasteiger partial charge in [0.2, 0.25) is 0 Å². The van der Waals surface area contributed by atoms with Gasteiger partial charge in [-0.25, -0.2) is 0 Å². The van der Waals surface area contributed by atoms with Crippen molar-refractivity contribution in [2.75, 3.05) is 6.61 Å². The minimum Gasteiger partial charge on any atom is -0.310 e. The fourth-order valence-electron chi connectivity index (χ4n) is 0.619. The van der Waals surface area contributed by atoms with Crippen LogP contribution in [-0.2, 0) is 9.09 Å². The zero-order chi connectivity index (χ0) is 10.3. The first-order valence-electron chi connectivity index (χ1n) is 4.34. The fraction of sp³-hybridized carbons (Fsp3) is 0.750. The summed E-state index contributed by atoms with van der Waals surface area (Å²) < 4.78 is 16.6. The molecular formula is C8H18NO2PS. The molecule has 3 nitrogen and oxygen atoms in total. The van der Waals surface area contributed by atoms with E-state index in [1.54, 1.807) is 6.08 Å². The monoisotopic (exact) mass is 223 g/mol. The van der Waals surface area contributed by atoms with Crippen molar-refractivity contribution in [1.82, 2.24) is 0 Å². The van der Waals surface area contributed by atoms with Gasteiger partial charge in [-0.3, -0.25) is 10.1 Å². The lowest BCUT2D eigenvalue weighted by Gasteiger charge is -2.15. The van der Waals surface area contributed by atoms with Crippen LogP contribution in [0.25, 0.3) is 0 Å². The van der Waals surface area contributed by atoms with Crippen LogP contribution >= 0.6 is 18.1 Å². The van der Waals surface area contributed by atoms with E-state index >= 15 is 0 Å². The quantitative estimate of drug-likeness (QED) is 0.409. The molecule has 0 saturated heterocycles. The number of rotatable bonds is 7. The Labute approximate surface area is 84.4 Å². The first-order valence-corrected chi connectivity index (χ1v) is 7.52. The third kappa shape index (κ3) is 7.32. The number of hydrogen-bond donors (Lipinski definition) is 1. The van der Waals surface area contributed by atoms with E-state index in [1.807, 2.05) is 13.8 Å². The summed E-state index contributed by atoms with van der Waals surface area (Å²) in [5.41, 5.74) is 5.50. The Bertz CT molecular complexity index is 199. The van der Waals surface area contributed by atoms with Crippen molar-refractivity contribution in [2.45, 2.75) is 31.9 Å². The Morgan fingerprint density at radius 2 is 2.38 bits per heavy atom. The van der Waals surface area contributed by atoms with Crippen LogP contribution < -0.4 is 5.50 Å². The van der Waals surface area contributed by atoms with E-state index < -0.39 is 6.72 Å². The van der Waals surface area contributed by atoms with Gasteiger partial charge in [-0.1, -0.05) is 31.3 Å². The van der Waals surface area contributed by atoms with E-state index in [0.717, 1.165) is 6.42 Å². The van der Waals surface area contributed by atoms with Crippen molar-refractivity contribution in [2.24, 2.45) is 5.50 Å². The molecule has 0 rings (SSSR count). The van der Waals surface area contributed by atoms with Gasteiger partial charge in [-0.05, 0) is 12.8 Å². The molecule has 0 spiro atoms. The Hall–Kier alpha value is 0.240. The van der Waals surface area contributed by atoms with Crippen molar-refractivity contribution in [3.8, 4) is 0 Å². The van der Waals surface area contributed by atoms with E-state index in [2.05, 4.69) is 6.58 Å². The van der Waals surface area contributed by atoms with Gasteiger partial charge in [0.15, 0.2) is 0 Å². The Balaban J connectivity index is 3.79. The molecular weight excluding hydrogens is 205 g/mol. The molecule has 0 aliphatic heterocycles. The van der Waals surface area contributed by atoms with E-state index in [0.29, 0.717) is 13.0 Å². The summed E-state index contributed by atoms with van der Waals surface area (Å²) in [6, 6.07) is 0. The van der Waals surface area contributed by atoms with Crippen molar-refractivity contribution in [1.29, 1.82) is 0 Å². The van der Waals surface area contributed by atoms with Gasteiger partial charge in [0.1, 0.15) is 0 Å². The molecule has 2 atom stereocenters. The van der Waals surface area contributed by atoms with Crippen molar-refractivity contribution in [3.05, 3.63) is 12.7 Å². The molecule has 0 aromatic carbocycles. The number of nitrogens with two attached hydrogens (primary N) is 1. The van der Waals surface area contributed by atoms with Crippen LogP contribution in [0.1, 0.15) is 26.7 Å². The summed E-state index contributed by atoms with van der Waals surface area (Å²) in [6.07, 6.45) is 3.34. The van der Waals surface area contributed by atoms with E-state index in [4.69, 9.17) is 10.0 Å². The second-order valence-electron chi connectivity index (χ2n) is 2.77. The van der Waals surface area contributed by atoms with Crippen LogP contribution in [-0.4, -0.2) is 11.9 Å². The van der Waals surface area contributed by atoms with Gasteiger partial charge in [0.05, 0.1) is 6.61 Å². The van der Waals surface area contributed by atoms with Gasteiger partial charge in [0, 0.05) is 5.25 Å². The Kier molecular flexibility index (Phi) is 6.78. The van der Waals surface area contributed by atoms with Crippen LogP contribution in [0.4, 0.5) is 0 Å².